The van der Waals surface area contributed by atoms with Crippen molar-refractivity contribution in [3.05, 3.63) is 0 Å². The highest BCUT2D eigenvalue weighted by Crippen LogP contribution is 2.36. The van der Waals surface area contributed by atoms with E-state index in [4.69, 9.17) is 23.4 Å². The van der Waals surface area contributed by atoms with E-state index in [-0.39, 0.29) is 29.5 Å². The topological polar surface area (TPSA) is 46.2 Å². The molecule has 0 bridgehead atoms. The molecule has 0 radical (unpaired) electrons. The normalized spacial score (nSPS) is 33.4. The van der Waals surface area contributed by atoms with E-state index >= 15 is 0 Å². The Hall–Kier alpha value is 0.0169. The maximum absolute atomic E-state index is 6.11. The molecule has 0 aromatic carbocycles. The van der Waals surface area contributed by atoms with Gasteiger partial charge < -0.3 is 23.4 Å². The molecule has 0 aliphatic carbocycles. The standard InChI is InChI=1S/C15H30O5Si/c1-15(2,3)21(5,6)20-8-7-17-12-10-19-13-11(16-4)9-18-14(12)13/h11-14H,7-10H2,1-6H3/t11-,12-,13-,14-/m1/s1. The van der Waals surface area contributed by atoms with Gasteiger partial charge in [-0.1, -0.05) is 20.8 Å². The number of methoxy groups -OCH3 is 1. The molecule has 124 valence electrons. The van der Waals surface area contributed by atoms with E-state index in [0.717, 1.165) is 0 Å². The zero-order chi connectivity index (χ0) is 15.7. The highest BCUT2D eigenvalue weighted by molar-refractivity contribution is 6.74. The number of ether oxygens (including phenoxy) is 4. The Morgan fingerprint density at radius 2 is 1.57 bits per heavy atom. The fraction of sp³-hybridized carbons (Fsp3) is 1.00. The quantitative estimate of drug-likeness (QED) is 0.555. The first-order valence-electron chi connectivity index (χ1n) is 7.78. The first kappa shape index (κ1) is 17.4. The van der Waals surface area contributed by atoms with E-state index in [9.17, 15) is 0 Å². The molecule has 4 atom stereocenters. The van der Waals surface area contributed by atoms with Gasteiger partial charge in [-0.2, -0.15) is 0 Å². The van der Waals surface area contributed by atoms with Crippen LogP contribution in [0.3, 0.4) is 0 Å². The first-order valence-corrected chi connectivity index (χ1v) is 10.7. The highest BCUT2D eigenvalue weighted by atomic mass is 28.4. The van der Waals surface area contributed by atoms with Crippen molar-refractivity contribution >= 4 is 8.32 Å². The lowest BCUT2D eigenvalue weighted by atomic mass is 10.1. The van der Waals surface area contributed by atoms with Crippen molar-refractivity contribution in [2.75, 3.05) is 33.5 Å². The zero-order valence-corrected chi connectivity index (χ0v) is 15.2. The average molecular weight is 318 g/mol. The molecule has 0 unspecified atom stereocenters. The van der Waals surface area contributed by atoms with Crippen LogP contribution in [0.1, 0.15) is 20.8 Å². The molecular weight excluding hydrogens is 288 g/mol. The third-order valence-corrected chi connectivity index (χ3v) is 9.49. The summed E-state index contributed by atoms with van der Waals surface area (Å²) in [5.74, 6) is 0. The second-order valence-electron chi connectivity index (χ2n) is 7.39. The fourth-order valence-electron chi connectivity index (χ4n) is 2.49. The van der Waals surface area contributed by atoms with Crippen LogP contribution in [0.4, 0.5) is 0 Å². The summed E-state index contributed by atoms with van der Waals surface area (Å²) in [4.78, 5) is 0. The molecule has 0 N–H and O–H groups in total. The summed E-state index contributed by atoms with van der Waals surface area (Å²) in [5, 5.41) is 0.231. The summed E-state index contributed by atoms with van der Waals surface area (Å²) < 4.78 is 28.9. The molecule has 0 amide bonds. The van der Waals surface area contributed by atoms with Crippen LogP contribution in [0.2, 0.25) is 18.1 Å². The van der Waals surface area contributed by atoms with Gasteiger partial charge in [0.25, 0.3) is 0 Å². The summed E-state index contributed by atoms with van der Waals surface area (Å²) in [5.41, 5.74) is 0. The monoisotopic (exact) mass is 318 g/mol. The van der Waals surface area contributed by atoms with Gasteiger partial charge in [0, 0.05) is 7.11 Å². The van der Waals surface area contributed by atoms with Crippen molar-refractivity contribution < 1.29 is 23.4 Å². The summed E-state index contributed by atoms with van der Waals surface area (Å²) in [6.45, 7) is 13.6. The van der Waals surface area contributed by atoms with Gasteiger partial charge in [0.15, 0.2) is 8.32 Å². The van der Waals surface area contributed by atoms with Crippen LogP contribution in [0, 0.1) is 0 Å². The van der Waals surface area contributed by atoms with Gasteiger partial charge in [-0.3, -0.25) is 0 Å². The summed E-state index contributed by atoms with van der Waals surface area (Å²) in [6, 6.07) is 0. The Labute approximate surface area is 129 Å². The van der Waals surface area contributed by atoms with Crippen molar-refractivity contribution in [1.29, 1.82) is 0 Å². The van der Waals surface area contributed by atoms with Crippen molar-refractivity contribution in [2.45, 2.75) is 63.3 Å². The van der Waals surface area contributed by atoms with E-state index in [1.165, 1.54) is 0 Å². The smallest absolute Gasteiger partial charge is 0.192 e. The lowest BCUT2D eigenvalue weighted by Gasteiger charge is -2.36. The zero-order valence-electron chi connectivity index (χ0n) is 14.2. The summed E-state index contributed by atoms with van der Waals surface area (Å²) >= 11 is 0. The predicted molar refractivity (Wildman–Crippen MR) is 83.2 cm³/mol. The van der Waals surface area contributed by atoms with Crippen LogP contribution < -0.4 is 0 Å². The van der Waals surface area contributed by atoms with Crippen molar-refractivity contribution in [3.8, 4) is 0 Å². The number of hydrogen-bond donors (Lipinski definition) is 0. The van der Waals surface area contributed by atoms with Crippen LogP contribution in [-0.4, -0.2) is 66.3 Å². The molecule has 0 spiro atoms. The molecule has 2 aliphatic rings. The van der Waals surface area contributed by atoms with Gasteiger partial charge in [-0.15, -0.1) is 0 Å². The maximum atomic E-state index is 6.11. The van der Waals surface area contributed by atoms with Crippen molar-refractivity contribution in [3.63, 3.8) is 0 Å². The van der Waals surface area contributed by atoms with Gasteiger partial charge in [-0.05, 0) is 18.1 Å². The SMILES string of the molecule is CO[C@@H]1CO[C@H]2[C@@H]1OC[C@H]2OCCO[Si](C)(C)C(C)(C)C. The molecular formula is C15H30O5Si. The van der Waals surface area contributed by atoms with E-state index in [2.05, 4.69) is 33.9 Å². The highest BCUT2D eigenvalue weighted by Gasteiger charge is 2.48. The minimum absolute atomic E-state index is 0.00170. The molecule has 2 saturated heterocycles. The average Bonchev–Trinajstić information content (AvgIpc) is 2.95. The molecule has 2 aliphatic heterocycles. The van der Waals surface area contributed by atoms with Crippen LogP contribution in [0.5, 0.6) is 0 Å². The Kier molecular flexibility index (Phi) is 5.49. The number of fused-ring (bicyclic) bond motifs is 1. The van der Waals surface area contributed by atoms with Crippen molar-refractivity contribution in [1.82, 2.24) is 0 Å². The Morgan fingerprint density at radius 3 is 2.14 bits per heavy atom. The molecule has 2 rings (SSSR count). The maximum Gasteiger partial charge on any atom is 0.192 e. The van der Waals surface area contributed by atoms with E-state index < -0.39 is 8.32 Å². The molecule has 0 aromatic rings. The van der Waals surface area contributed by atoms with E-state index in [1.54, 1.807) is 7.11 Å². The molecule has 0 aromatic heterocycles. The van der Waals surface area contributed by atoms with Gasteiger partial charge in [-0.25, -0.2) is 0 Å². The second-order valence-corrected chi connectivity index (χ2v) is 12.2. The minimum atomic E-state index is -1.69. The fourth-order valence-corrected chi connectivity index (χ4v) is 3.51. The van der Waals surface area contributed by atoms with E-state index in [1.807, 2.05) is 0 Å². The second kappa shape index (κ2) is 6.64. The van der Waals surface area contributed by atoms with Crippen LogP contribution >= 0.6 is 0 Å². The molecule has 2 heterocycles. The van der Waals surface area contributed by atoms with Gasteiger partial charge in [0.05, 0.1) is 26.4 Å². The molecule has 6 heteroatoms. The predicted octanol–water partition coefficient (Wildman–Crippen LogP) is 2.21. The van der Waals surface area contributed by atoms with Crippen LogP contribution in [-0.2, 0) is 23.4 Å². The largest absolute Gasteiger partial charge is 0.414 e. The van der Waals surface area contributed by atoms with Gasteiger partial charge >= 0.3 is 0 Å². The minimum Gasteiger partial charge on any atom is -0.414 e. The van der Waals surface area contributed by atoms with E-state index in [0.29, 0.717) is 26.4 Å². The third-order valence-electron chi connectivity index (χ3n) is 4.95. The lowest BCUT2D eigenvalue weighted by Crippen LogP contribution is -2.42. The first-order chi connectivity index (χ1) is 9.76. The van der Waals surface area contributed by atoms with Crippen LogP contribution in [0.15, 0.2) is 0 Å². The lowest BCUT2D eigenvalue weighted by molar-refractivity contribution is -0.0480. The van der Waals surface area contributed by atoms with Gasteiger partial charge in [0.2, 0.25) is 0 Å². The van der Waals surface area contributed by atoms with Crippen molar-refractivity contribution in [2.24, 2.45) is 0 Å². The summed E-state index contributed by atoms with van der Waals surface area (Å²) in [6.07, 6.45) is 0.0503. The number of hydrogen-bond acceptors (Lipinski definition) is 5. The Balaban J connectivity index is 1.71. The molecule has 0 saturated carbocycles. The Morgan fingerprint density at radius 1 is 1.00 bits per heavy atom. The third kappa shape index (κ3) is 3.86. The number of rotatable bonds is 6. The molecule has 2 fully saturated rings. The molecule has 21 heavy (non-hydrogen) atoms. The Bertz CT molecular complexity index is 341. The van der Waals surface area contributed by atoms with Gasteiger partial charge in [0.1, 0.15) is 24.4 Å². The van der Waals surface area contributed by atoms with Crippen LogP contribution in [0.25, 0.3) is 0 Å². The molecule has 5 nitrogen and oxygen atoms in total. The summed E-state index contributed by atoms with van der Waals surface area (Å²) in [7, 11) is 0.00800.